The molecule has 2 aromatic carbocycles. The van der Waals surface area contributed by atoms with Crippen LogP contribution in [0.25, 0.3) is 11.3 Å². The lowest BCUT2D eigenvalue weighted by atomic mass is 9.87. The van der Waals surface area contributed by atoms with E-state index in [1.165, 1.54) is 18.6 Å². The third-order valence-corrected chi connectivity index (χ3v) is 10.3. The number of carbonyl (C=O) groups is 1. The maximum absolute atomic E-state index is 14.5. The Morgan fingerprint density at radius 1 is 1.00 bits per heavy atom. The summed E-state index contributed by atoms with van der Waals surface area (Å²) in [6.45, 7) is 10.6. The predicted molar refractivity (Wildman–Crippen MR) is 185 cm³/mol. The molecule has 48 heavy (non-hydrogen) atoms. The fraction of sp³-hybridized carbons (Fsp3) is 0.417. The topological polar surface area (TPSA) is 131 Å². The third-order valence-electron chi connectivity index (χ3n) is 9.02. The number of nitrogens with one attached hydrogen (secondary N) is 1. The van der Waals surface area contributed by atoms with Crippen molar-refractivity contribution >= 4 is 27.7 Å². The molecule has 0 unspecified atom stereocenters. The van der Waals surface area contributed by atoms with Crippen LogP contribution in [-0.4, -0.2) is 64.9 Å². The van der Waals surface area contributed by atoms with Crippen LogP contribution in [0.4, 0.5) is 11.8 Å². The van der Waals surface area contributed by atoms with E-state index < -0.39 is 16.1 Å². The van der Waals surface area contributed by atoms with Gasteiger partial charge in [0, 0.05) is 30.3 Å². The number of anilines is 2. The predicted octanol–water partition coefficient (Wildman–Crippen LogP) is 6.18. The molecule has 11 nitrogen and oxygen atoms in total. The van der Waals surface area contributed by atoms with Gasteiger partial charge in [-0.25, -0.2) is 23.1 Å². The molecule has 2 aromatic heterocycles. The van der Waals surface area contributed by atoms with Crippen molar-refractivity contribution < 1.29 is 17.9 Å². The molecule has 1 atom stereocenters. The summed E-state index contributed by atoms with van der Waals surface area (Å²) >= 11 is 0. The molecule has 12 heteroatoms. The normalized spacial score (nSPS) is 18.0. The van der Waals surface area contributed by atoms with Gasteiger partial charge in [-0.1, -0.05) is 45.0 Å². The van der Waals surface area contributed by atoms with E-state index in [4.69, 9.17) is 9.72 Å². The molecular weight excluding hydrogens is 627 g/mol. The highest BCUT2D eigenvalue weighted by molar-refractivity contribution is 7.92. The van der Waals surface area contributed by atoms with Gasteiger partial charge in [0.05, 0.1) is 41.3 Å². The highest BCUT2D eigenvalue weighted by Crippen LogP contribution is 2.32. The molecule has 0 radical (unpaired) electrons. The van der Waals surface area contributed by atoms with Crippen LogP contribution in [0.15, 0.2) is 65.8 Å². The lowest BCUT2D eigenvalue weighted by Crippen LogP contribution is -2.45. The van der Waals surface area contributed by atoms with E-state index in [0.29, 0.717) is 23.9 Å². The Morgan fingerprint density at radius 2 is 1.73 bits per heavy atom. The van der Waals surface area contributed by atoms with Crippen LogP contribution in [0.5, 0.6) is 5.88 Å². The lowest BCUT2D eigenvalue weighted by molar-refractivity contribution is 0.0509. The Bertz CT molecular complexity index is 1920. The number of sulfonamides is 1. The fourth-order valence-electron chi connectivity index (χ4n) is 6.32. The van der Waals surface area contributed by atoms with Gasteiger partial charge in [0.15, 0.2) is 0 Å². The lowest BCUT2D eigenvalue weighted by Gasteiger charge is -2.36. The quantitative estimate of drug-likeness (QED) is 0.256. The first-order chi connectivity index (χ1) is 22.8. The maximum atomic E-state index is 14.5. The summed E-state index contributed by atoms with van der Waals surface area (Å²) in [7, 11) is -2.14. The van der Waals surface area contributed by atoms with Crippen LogP contribution in [0.3, 0.4) is 0 Å². The van der Waals surface area contributed by atoms with Crippen LogP contribution in [0, 0.1) is 19.3 Å². The van der Waals surface area contributed by atoms with Crippen molar-refractivity contribution in [3.05, 3.63) is 83.3 Å². The summed E-state index contributed by atoms with van der Waals surface area (Å²) in [5.74, 6) is 0.498. The molecule has 3 heterocycles. The summed E-state index contributed by atoms with van der Waals surface area (Å²) in [6.07, 6.45) is 7.44. The number of amides is 1. The second kappa shape index (κ2) is 13.1. The number of benzene rings is 2. The van der Waals surface area contributed by atoms with Gasteiger partial charge in [-0.2, -0.15) is 4.98 Å². The standard InChI is InChI=1S/C36H43N7O4S/c1-23-10-7-11-24(2)33(23)30-17-32-40-35(39-30)41-48(45,46)29-15-8-12-25(16-29)34(44)43(28(22-47-32)18-36(3,4)5)21-26-19-37-20-31(38-26)42(6)27-13-9-14-27/h7-8,10-12,15-17,19-20,27-28H,9,13-14,18,21-22H2,1-6H3,(H,39,40,41)/t28-/m1/s1. The molecule has 1 saturated carbocycles. The monoisotopic (exact) mass is 669 g/mol. The van der Waals surface area contributed by atoms with Crippen molar-refractivity contribution in [2.75, 3.05) is 23.3 Å². The zero-order valence-corrected chi connectivity index (χ0v) is 29.2. The number of aromatic nitrogens is 4. The number of nitrogens with zero attached hydrogens (tertiary/aromatic N) is 6. The van der Waals surface area contributed by atoms with Crippen molar-refractivity contribution in [3.63, 3.8) is 0 Å². The molecule has 1 aliphatic heterocycles. The zero-order valence-electron chi connectivity index (χ0n) is 28.4. The van der Waals surface area contributed by atoms with Crippen LogP contribution in [-0.2, 0) is 16.6 Å². The van der Waals surface area contributed by atoms with Gasteiger partial charge >= 0.3 is 0 Å². The first kappa shape index (κ1) is 33.3. The van der Waals surface area contributed by atoms with Crippen LogP contribution < -0.4 is 14.4 Å². The fourth-order valence-corrected chi connectivity index (χ4v) is 7.31. The van der Waals surface area contributed by atoms with Crippen LogP contribution in [0.2, 0.25) is 0 Å². The number of ether oxygens (including phenoxy) is 1. The van der Waals surface area contributed by atoms with Crippen LogP contribution >= 0.6 is 0 Å². The minimum Gasteiger partial charge on any atom is -0.475 e. The molecule has 2 aliphatic rings. The number of hydrogen-bond acceptors (Lipinski definition) is 9. The highest BCUT2D eigenvalue weighted by atomic mass is 32.2. The van der Waals surface area contributed by atoms with Crippen LogP contribution in [0.1, 0.15) is 73.6 Å². The number of aryl methyl sites for hydroxylation is 2. The molecule has 252 valence electrons. The summed E-state index contributed by atoms with van der Waals surface area (Å²) in [5, 5.41) is 0. The van der Waals surface area contributed by atoms with E-state index in [-0.39, 0.29) is 46.8 Å². The second-order valence-electron chi connectivity index (χ2n) is 14.0. The SMILES string of the molecule is Cc1cccc(C)c1-c1cc2nc(n1)NS(=O)(=O)c1cccc(c1)C(=O)N(Cc1cncc(N(C)C3CCC3)n1)[C@H](CC(C)(C)C)CO2. The van der Waals surface area contributed by atoms with E-state index in [2.05, 4.69) is 45.3 Å². The summed E-state index contributed by atoms with van der Waals surface area (Å²) < 4.78 is 36.3. The molecule has 1 aliphatic carbocycles. The van der Waals surface area contributed by atoms with Crippen molar-refractivity contribution in [1.29, 1.82) is 0 Å². The van der Waals surface area contributed by atoms with Crippen molar-refractivity contribution in [2.24, 2.45) is 5.41 Å². The van der Waals surface area contributed by atoms with Gasteiger partial charge in [-0.3, -0.25) is 9.78 Å². The van der Waals surface area contributed by atoms with Crippen molar-refractivity contribution in [2.45, 2.75) is 83.8 Å². The Hall–Kier alpha value is -4.58. The number of carbonyl (C=O) groups excluding carboxylic acids is 1. The van der Waals surface area contributed by atoms with Gasteiger partial charge in [0.1, 0.15) is 12.4 Å². The van der Waals surface area contributed by atoms with Gasteiger partial charge in [-0.05, 0) is 74.3 Å². The molecular formula is C36H43N7O4S. The van der Waals surface area contributed by atoms with E-state index in [1.807, 2.05) is 39.1 Å². The second-order valence-corrected chi connectivity index (χ2v) is 15.7. The average molecular weight is 670 g/mol. The first-order valence-corrected chi connectivity index (χ1v) is 17.8. The van der Waals surface area contributed by atoms with Gasteiger partial charge < -0.3 is 14.5 Å². The maximum Gasteiger partial charge on any atom is 0.264 e. The molecule has 6 rings (SSSR count). The smallest absolute Gasteiger partial charge is 0.264 e. The van der Waals surface area contributed by atoms with E-state index >= 15 is 0 Å². The van der Waals surface area contributed by atoms with E-state index in [0.717, 1.165) is 35.3 Å². The number of hydrogen-bond donors (Lipinski definition) is 1. The third kappa shape index (κ3) is 7.28. The molecule has 1 fully saturated rings. The summed E-state index contributed by atoms with van der Waals surface area (Å²) in [6, 6.07) is 13.7. The Balaban J connectivity index is 1.46. The number of rotatable bonds is 6. The average Bonchev–Trinajstić information content (AvgIpc) is 3.00. The minimum absolute atomic E-state index is 0.0765. The van der Waals surface area contributed by atoms with Crippen molar-refractivity contribution in [3.8, 4) is 17.1 Å². The Morgan fingerprint density at radius 3 is 2.42 bits per heavy atom. The zero-order chi connectivity index (χ0) is 34.2. The summed E-state index contributed by atoms with van der Waals surface area (Å²) in [4.78, 5) is 36.8. The Kier molecular flexibility index (Phi) is 9.12. The van der Waals surface area contributed by atoms with Gasteiger partial charge in [0.25, 0.3) is 15.9 Å². The molecule has 1 amide bonds. The van der Waals surface area contributed by atoms with Gasteiger partial charge in [-0.15, -0.1) is 0 Å². The number of fused-ring (bicyclic) bond motifs is 4. The van der Waals surface area contributed by atoms with E-state index in [9.17, 15) is 13.2 Å². The largest absolute Gasteiger partial charge is 0.475 e. The molecule has 0 saturated heterocycles. The van der Waals surface area contributed by atoms with Gasteiger partial charge in [0.2, 0.25) is 11.8 Å². The first-order valence-electron chi connectivity index (χ1n) is 16.3. The minimum atomic E-state index is -4.17. The van der Waals surface area contributed by atoms with E-state index in [1.54, 1.807) is 35.5 Å². The highest BCUT2D eigenvalue weighted by Gasteiger charge is 2.32. The summed E-state index contributed by atoms with van der Waals surface area (Å²) in [5.41, 5.74) is 4.02. The Labute approximate surface area is 282 Å². The van der Waals surface area contributed by atoms with Crippen molar-refractivity contribution in [1.82, 2.24) is 24.8 Å². The molecule has 1 N–H and O–H groups in total. The molecule has 4 bridgehead atoms. The molecule has 0 spiro atoms. The molecule has 4 aromatic rings.